The molecule has 0 aliphatic heterocycles. The lowest BCUT2D eigenvalue weighted by atomic mass is 9.90. The number of aryl methyl sites for hydroxylation is 1. The summed E-state index contributed by atoms with van der Waals surface area (Å²) in [7, 11) is 3.90. The van der Waals surface area contributed by atoms with Crippen molar-refractivity contribution in [2.45, 2.75) is 20.8 Å². The van der Waals surface area contributed by atoms with Crippen molar-refractivity contribution in [3.8, 4) is 0 Å². The van der Waals surface area contributed by atoms with E-state index in [1.807, 2.05) is 74.4 Å². The van der Waals surface area contributed by atoms with Gasteiger partial charge in [0.2, 0.25) is 11.8 Å². The van der Waals surface area contributed by atoms with E-state index < -0.39 is 5.41 Å². The predicted molar refractivity (Wildman–Crippen MR) is 103 cm³/mol. The molecule has 2 rings (SSSR count). The maximum absolute atomic E-state index is 12.6. The molecule has 5 heteroatoms. The molecule has 2 aromatic rings. The Morgan fingerprint density at radius 3 is 1.60 bits per heavy atom. The Hall–Kier alpha value is -2.82. The molecule has 25 heavy (non-hydrogen) atoms. The van der Waals surface area contributed by atoms with Gasteiger partial charge < -0.3 is 15.5 Å². The van der Waals surface area contributed by atoms with Crippen LogP contribution in [0.4, 0.5) is 17.1 Å². The van der Waals surface area contributed by atoms with Crippen molar-refractivity contribution in [1.82, 2.24) is 0 Å². The van der Waals surface area contributed by atoms with Crippen molar-refractivity contribution in [3.63, 3.8) is 0 Å². The Morgan fingerprint density at radius 2 is 1.20 bits per heavy atom. The minimum atomic E-state index is -1.20. The van der Waals surface area contributed by atoms with Gasteiger partial charge in [0.1, 0.15) is 5.41 Å². The number of amides is 2. The molecule has 0 bridgehead atoms. The van der Waals surface area contributed by atoms with Crippen LogP contribution in [0.5, 0.6) is 0 Å². The fourth-order valence-corrected chi connectivity index (χ4v) is 2.16. The van der Waals surface area contributed by atoms with Crippen LogP contribution in [0.15, 0.2) is 48.5 Å². The normalized spacial score (nSPS) is 10.9. The summed E-state index contributed by atoms with van der Waals surface area (Å²) in [5, 5.41) is 5.60. The molecule has 2 N–H and O–H groups in total. The van der Waals surface area contributed by atoms with Gasteiger partial charge >= 0.3 is 0 Å². The summed E-state index contributed by atoms with van der Waals surface area (Å²) >= 11 is 0. The van der Waals surface area contributed by atoms with Crippen molar-refractivity contribution in [1.29, 1.82) is 0 Å². The molecule has 0 fully saturated rings. The first-order valence-corrected chi connectivity index (χ1v) is 8.17. The standard InChI is InChI=1S/C20H25N3O2/c1-14-6-8-15(9-7-14)21-18(24)20(2,3)19(25)22-16-10-12-17(13-11-16)23(4)5/h6-13H,1-5H3,(H,21,24)(H,22,25). The van der Waals surface area contributed by atoms with Gasteiger partial charge in [0, 0.05) is 31.2 Å². The number of hydrogen-bond acceptors (Lipinski definition) is 3. The summed E-state index contributed by atoms with van der Waals surface area (Å²) in [6, 6.07) is 14.9. The van der Waals surface area contributed by atoms with Gasteiger partial charge in [-0.05, 0) is 57.2 Å². The zero-order valence-electron chi connectivity index (χ0n) is 15.4. The molecular formula is C20H25N3O2. The summed E-state index contributed by atoms with van der Waals surface area (Å²) in [6.45, 7) is 5.20. The van der Waals surface area contributed by atoms with Crippen LogP contribution in [0.3, 0.4) is 0 Å². The van der Waals surface area contributed by atoms with Crippen molar-refractivity contribution >= 4 is 28.9 Å². The number of anilines is 3. The SMILES string of the molecule is Cc1ccc(NC(=O)C(C)(C)C(=O)Nc2ccc(N(C)C)cc2)cc1. The molecule has 132 valence electrons. The molecule has 0 aromatic heterocycles. The Balaban J connectivity index is 2.05. The van der Waals surface area contributed by atoms with E-state index in [1.165, 1.54) is 0 Å². The van der Waals surface area contributed by atoms with E-state index in [0.717, 1.165) is 11.3 Å². The van der Waals surface area contributed by atoms with Crippen molar-refractivity contribution in [3.05, 3.63) is 54.1 Å². The van der Waals surface area contributed by atoms with E-state index in [9.17, 15) is 9.59 Å². The highest BCUT2D eigenvalue weighted by Crippen LogP contribution is 2.23. The van der Waals surface area contributed by atoms with Crippen LogP contribution in [0.25, 0.3) is 0 Å². The number of nitrogens with one attached hydrogen (secondary N) is 2. The highest BCUT2D eigenvalue weighted by molar-refractivity contribution is 6.14. The van der Waals surface area contributed by atoms with E-state index in [1.54, 1.807) is 13.8 Å². The summed E-state index contributed by atoms with van der Waals surface area (Å²) in [5.41, 5.74) is 2.27. The lowest BCUT2D eigenvalue weighted by molar-refractivity contribution is -0.135. The second-order valence-corrected chi connectivity index (χ2v) is 6.84. The molecule has 0 spiro atoms. The molecular weight excluding hydrogens is 314 g/mol. The van der Waals surface area contributed by atoms with Crippen molar-refractivity contribution < 1.29 is 9.59 Å². The average Bonchev–Trinajstić information content (AvgIpc) is 2.57. The molecule has 0 heterocycles. The van der Waals surface area contributed by atoms with E-state index >= 15 is 0 Å². The van der Waals surface area contributed by atoms with E-state index in [2.05, 4.69) is 10.6 Å². The summed E-state index contributed by atoms with van der Waals surface area (Å²) < 4.78 is 0. The quantitative estimate of drug-likeness (QED) is 0.817. The van der Waals surface area contributed by atoms with Gasteiger partial charge in [-0.15, -0.1) is 0 Å². The number of nitrogens with zero attached hydrogens (tertiary/aromatic N) is 1. The third-order valence-corrected chi connectivity index (χ3v) is 4.09. The number of carbonyl (C=O) groups is 2. The molecule has 0 saturated carbocycles. The fraction of sp³-hybridized carbons (Fsp3) is 0.300. The number of rotatable bonds is 5. The Kier molecular flexibility index (Phi) is 5.47. The minimum Gasteiger partial charge on any atom is -0.378 e. The van der Waals surface area contributed by atoms with Crippen molar-refractivity contribution in [2.24, 2.45) is 5.41 Å². The molecule has 0 atom stereocenters. The first-order valence-electron chi connectivity index (χ1n) is 8.17. The van der Waals surface area contributed by atoms with Crippen LogP contribution in [0.1, 0.15) is 19.4 Å². The smallest absolute Gasteiger partial charge is 0.239 e. The van der Waals surface area contributed by atoms with Crippen LogP contribution >= 0.6 is 0 Å². The number of carbonyl (C=O) groups excluding carboxylic acids is 2. The van der Waals surface area contributed by atoms with Gasteiger partial charge in [-0.25, -0.2) is 0 Å². The number of hydrogen-bond donors (Lipinski definition) is 2. The van der Waals surface area contributed by atoms with Gasteiger partial charge in [-0.3, -0.25) is 9.59 Å². The zero-order chi connectivity index (χ0) is 18.6. The molecule has 2 aromatic carbocycles. The van der Waals surface area contributed by atoms with Crippen LogP contribution < -0.4 is 15.5 Å². The Labute approximate surface area is 149 Å². The fourth-order valence-electron chi connectivity index (χ4n) is 2.16. The lowest BCUT2D eigenvalue weighted by Gasteiger charge is -2.23. The van der Waals surface area contributed by atoms with Gasteiger partial charge in [0.05, 0.1) is 0 Å². The minimum absolute atomic E-state index is 0.348. The van der Waals surface area contributed by atoms with Crippen LogP contribution in [-0.4, -0.2) is 25.9 Å². The zero-order valence-corrected chi connectivity index (χ0v) is 15.4. The molecule has 2 amide bonds. The molecule has 0 aliphatic rings. The summed E-state index contributed by atoms with van der Waals surface area (Å²) in [4.78, 5) is 27.0. The van der Waals surface area contributed by atoms with Gasteiger partial charge in [0.15, 0.2) is 0 Å². The molecule has 0 aliphatic carbocycles. The maximum Gasteiger partial charge on any atom is 0.239 e. The third kappa shape index (κ3) is 4.59. The molecule has 0 saturated heterocycles. The monoisotopic (exact) mass is 339 g/mol. The Bertz CT molecular complexity index is 748. The molecule has 0 radical (unpaired) electrons. The molecule has 0 unspecified atom stereocenters. The largest absolute Gasteiger partial charge is 0.378 e. The first-order chi connectivity index (χ1) is 11.7. The van der Waals surface area contributed by atoms with Crippen LogP contribution in [0, 0.1) is 12.3 Å². The third-order valence-electron chi connectivity index (χ3n) is 4.09. The van der Waals surface area contributed by atoms with E-state index in [0.29, 0.717) is 11.4 Å². The van der Waals surface area contributed by atoms with Crippen LogP contribution in [-0.2, 0) is 9.59 Å². The van der Waals surface area contributed by atoms with Gasteiger partial charge in [0.25, 0.3) is 0 Å². The van der Waals surface area contributed by atoms with Gasteiger partial charge in [-0.1, -0.05) is 17.7 Å². The number of benzene rings is 2. The van der Waals surface area contributed by atoms with Gasteiger partial charge in [-0.2, -0.15) is 0 Å². The highest BCUT2D eigenvalue weighted by Gasteiger charge is 2.36. The topological polar surface area (TPSA) is 61.4 Å². The predicted octanol–water partition coefficient (Wildman–Crippen LogP) is 3.66. The summed E-state index contributed by atoms with van der Waals surface area (Å²) in [6.07, 6.45) is 0. The lowest BCUT2D eigenvalue weighted by Crippen LogP contribution is -2.41. The first kappa shape index (κ1) is 18.5. The second-order valence-electron chi connectivity index (χ2n) is 6.84. The van der Waals surface area contributed by atoms with Crippen LogP contribution in [0.2, 0.25) is 0 Å². The Morgan fingerprint density at radius 1 is 0.800 bits per heavy atom. The molecule has 5 nitrogen and oxygen atoms in total. The van der Waals surface area contributed by atoms with E-state index in [-0.39, 0.29) is 11.8 Å². The summed E-state index contributed by atoms with van der Waals surface area (Å²) in [5.74, 6) is -0.700. The maximum atomic E-state index is 12.6. The highest BCUT2D eigenvalue weighted by atomic mass is 16.2. The average molecular weight is 339 g/mol. The van der Waals surface area contributed by atoms with Crippen molar-refractivity contribution in [2.75, 3.05) is 29.6 Å². The van der Waals surface area contributed by atoms with E-state index in [4.69, 9.17) is 0 Å². The second kappa shape index (κ2) is 7.38.